The van der Waals surface area contributed by atoms with Gasteiger partial charge in [0.1, 0.15) is 17.6 Å². The van der Waals surface area contributed by atoms with Crippen molar-refractivity contribution < 1.29 is 4.74 Å². The molecule has 2 rings (SSSR count). The number of nitriles is 1. The molecule has 2 aromatic rings. The molecule has 0 unspecified atom stereocenters. The first-order valence-electron chi connectivity index (χ1n) is 5.34. The van der Waals surface area contributed by atoms with E-state index in [0.29, 0.717) is 27.8 Å². The molecule has 2 aromatic carbocycles. The van der Waals surface area contributed by atoms with E-state index in [1.165, 1.54) is 0 Å². The third-order valence-corrected chi connectivity index (χ3v) is 2.74. The van der Waals surface area contributed by atoms with Crippen molar-refractivity contribution >= 4 is 17.3 Å². The van der Waals surface area contributed by atoms with Crippen molar-refractivity contribution in [3.63, 3.8) is 0 Å². The first kappa shape index (κ1) is 12.3. The summed E-state index contributed by atoms with van der Waals surface area (Å²) in [6.45, 7) is 1.91. The van der Waals surface area contributed by atoms with Gasteiger partial charge in [-0.15, -0.1) is 0 Å². The molecule has 0 radical (unpaired) electrons. The molecule has 0 aliphatic carbocycles. The smallest absolute Gasteiger partial charge is 0.130 e. The molecule has 2 N–H and O–H groups in total. The van der Waals surface area contributed by atoms with E-state index in [0.717, 1.165) is 5.56 Å². The molecule has 0 amide bonds. The van der Waals surface area contributed by atoms with Gasteiger partial charge in [0, 0.05) is 11.1 Å². The lowest BCUT2D eigenvalue weighted by molar-refractivity contribution is 0.479. The lowest BCUT2D eigenvalue weighted by Gasteiger charge is -2.09. The van der Waals surface area contributed by atoms with Crippen LogP contribution < -0.4 is 10.5 Å². The molecule has 4 heteroatoms. The Morgan fingerprint density at radius 1 is 1.22 bits per heavy atom. The lowest BCUT2D eigenvalue weighted by atomic mass is 10.2. The largest absolute Gasteiger partial charge is 0.457 e. The molecule has 0 atom stereocenters. The highest BCUT2D eigenvalue weighted by molar-refractivity contribution is 6.30. The zero-order chi connectivity index (χ0) is 13.1. The van der Waals surface area contributed by atoms with E-state index in [4.69, 9.17) is 27.3 Å². The number of halogens is 1. The zero-order valence-electron chi connectivity index (χ0n) is 9.77. The number of ether oxygens (including phenoxy) is 1. The summed E-state index contributed by atoms with van der Waals surface area (Å²) >= 11 is 5.87. The Bertz CT molecular complexity index is 632. The Kier molecular flexibility index (Phi) is 3.40. The summed E-state index contributed by atoms with van der Waals surface area (Å²) in [7, 11) is 0. The van der Waals surface area contributed by atoms with E-state index in [1.54, 1.807) is 30.3 Å². The standard InChI is InChI=1S/C14H11ClN2O/c1-9-6-11(15)3-5-14(9)18-12-4-2-10(8-16)13(17)7-12/h2-7H,17H2,1H3. The van der Waals surface area contributed by atoms with Crippen molar-refractivity contribution in [2.75, 3.05) is 5.73 Å². The Morgan fingerprint density at radius 2 is 2.00 bits per heavy atom. The highest BCUT2D eigenvalue weighted by Crippen LogP contribution is 2.29. The fourth-order valence-corrected chi connectivity index (χ4v) is 1.79. The maximum Gasteiger partial charge on any atom is 0.130 e. The molecule has 0 aromatic heterocycles. The number of benzene rings is 2. The normalized spacial score (nSPS) is 9.83. The van der Waals surface area contributed by atoms with Gasteiger partial charge in [0.05, 0.1) is 11.3 Å². The Balaban J connectivity index is 2.29. The van der Waals surface area contributed by atoms with Crippen LogP contribution in [0.1, 0.15) is 11.1 Å². The number of rotatable bonds is 2. The number of nitrogens with zero attached hydrogens (tertiary/aromatic N) is 1. The van der Waals surface area contributed by atoms with Gasteiger partial charge in [-0.25, -0.2) is 0 Å². The molecular formula is C14H11ClN2O. The van der Waals surface area contributed by atoms with Gasteiger partial charge in [-0.1, -0.05) is 11.6 Å². The van der Waals surface area contributed by atoms with E-state index < -0.39 is 0 Å². The van der Waals surface area contributed by atoms with Crippen LogP contribution in [0.4, 0.5) is 5.69 Å². The molecule has 0 saturated heterocycles. The second-order valence-electron chi connectivity index (χ2n) is 3.87. The maximum atomic E-state index is 8.79. The monoisotopic (exact) mass is 258 g/mol. The van der Waals surface area contributed by atoms with E-state index in [-0.39, 0.29) is 0 Å². The topological polar surface area (TPSA) is 59.0 Å². The molecule has 0 aliphatic rings. The van der Waals surface area contributed by atoms with Crippen molar-refractivity contribution in [3.05, 3.63) is 52.5 Å². The third kappa shape index (κ3) is 2.55. The minimum Gasteiger partial charge on any atom is -0.457 e. The second kappa shape index (κ2) is 4.99. The lowest BCUT2D eigenvalue weighted by Crippen LogP contribution is -1.92. The van der Waals surface area contributed by atoms with Gasteiger partial charge in [-0.3, -0.25) is 0 Å². The Labute approximate surface area is 110 Å². The predicted octanol–water partition coefficient (Wildman–Crippen LogP) is 3.89. The number of nitrogens with two attached hydrogens (primary N) is 1. The van der Waals surface area contributed by atoms with Gasteiger partial charge in [0.2, 0.25) is 0 Å². The average molecular weight is 259 g/mol. The second-order valence-corrected chi connectivity index (χ2v) is 4.31. The van der Waals surface area contributed by atoms with Crippen LogP contribution in [0.2, 0.25) is 5.02 Å². The molecule has 0 aliphatic heterocycles. The minimum atomic E-state index is 0.404. The van der Waals surface area contributed by atoms with Gasteiger partial charge < -0.3 is 10.5 Å². The summed E-state index contributed by atoms with van der Waals surface area (Å²) in [5, 5.41) is 9.45. The van der Waals surface area contributed by atoms with Crippen LogP contribution in [0.5, 0.6) is 11.5 Å². The van der Waals surface area contributed by atoms with Crippen LogP contribution in [0, 0.1) is 18.3 Å². The van der Waals surface area contributed by atoms with E-state index >= 15 is 0 Å². The van der Waals surface area contributed by atoms with Crippen molar-refractivity contribution in [2.24, 2.45) is 0 Å². The summed E-state index contributed by atoms with van der Waals surface area (Å²) in [5.74, 6) is 1.31. The fourth-order valence-electron chi connectivity index (χ4n) is 1.56. The van der Waals surface area contributed by atoms with Crippen LogP contribution in [-0.2, 0) is 0 Å². The summed E-state index contributed by atoms with van der Waals surface area (Å²) in [4.78, 5) is 0. The summed E-state index contributed by atoms with van der Waals surface area (Å²) in [6, 6.07) is 12.4. The van der Waals surface area contributed by atoms with Crippen LogP contribution in [0.15, 0.2) is 36.4 Å². The highest BCUT2D eigenvalue weighted by Gasteiger charge is 2.04. The van der Waals surface area contributed by atoms with Crippen LogP contribution in [0.25, 0.3) is 0 Å². The number of nitrogen functional groups attached to an aromatic ring is 1. The first-order chi connectivity index (χ1) is 8.60. The summed E-state index contributed by atoms with van der Waals surface area (Å²) in [5.41, 5.74) is 7.50. The van der Waals surface area contributed by atoms with Crippen LogP contribution in [0.3, 0.4) is 0 Å². The van der Waals surface area contributed by atoms with Gasteiger partial charge in [0.25, 0.3) is 0 Å². The van der Waals surface area contributed by atoms with Gasteiger partial charge >= 0.3 is 0 Å². The molecule has 0 heterocycles. The molecule has 0 spiro atoms. The molecule has 0 bridgehead atoms. The van der Waals surface area contributed by atoms with E-state index in [2.05, 4.69) is 0 Å². The fraction of sp³-hybridized carbons (Fsp3) is 0.0714. The summed E-state index contributed by atoms with van der Waals surface area (Å²) < 4.78 is 5.70. The van der Waals surface area contributed by atoms with Crippen molar-refractivity contribution in [2.45, 2.75) is 6.92 Å². The highest BCUT2D eigenvalue weighted by atomic mass is 35.5. The van der Waals surface area contributed by atoms with Gasteiger partial charge in [-0.05, 0) is 42.8 Å². The van der Waals surface area contributed by atoms with Crippen LogP contribution in [-0.4, -0.2) is 0 Å². The molecular weight excluding hydrogens is 248 g/mol. The predicted molar refractivity (Wildman–Crippen MR) is 71.8 cm³/mol. The third-order valence-electron chi connectivity index (χ3n) is 2.51. The number of hydrogen-bond acceptors (Lipinski definition) is 3. The molecule has 0 saturated carbocycles. The Morgan fingerprint density at radius 3 is 2.61 bits per heavy atom. The van der Waals surface area contributed by atoms with Crippen LogP contribution >= 0.6 is 11.6 Å². The number of aryl methyl sites for hydroxylation is 1. The molecule has 0 fully saturated rings. The van der Waals surface area contributed by atoms with Crippen molar-refractivity contribution in [1.29, 1.82) is 5.26 Å². The Hall–Kier alpha value is -2.18. The molecule has 3 nitrogen and oxygen atoms in total. The maximum absolute atomic E-state index is 8.79. The van der Waals surface area contributed by atoms with Gasteiger partial charge in [0.15, 0.2) is 0 Å². The quantitative estimate of drug-likeness (QED) is 0.831. The average Bonchev–Trinajstić information content (AvgIpc) is 2.33. The SMILES string of the molecule is Cc1cc(Cl)ccc1Oc1ccc(C#N)c(N)c1. The van der Waals surface area contributed by atoms with Crippen molar-refractivity contribution in [1.82, 2.24) is 0 Å². The summed E-state index contributed by atoms with van der Waals surface area (Å²) in [6.07, 6.45) is 0. The van der Waals surface area contributed by atoms with E-state index in [9.17, 15) is 0 Å². The first-order valence-corrected chi connectivity index (χ1v) is 5.71. The van der Waals surface area contributed by atoms with Crippen molar-refractivity contribution in [3.8, 4) is 17.6 Å². The number of anilines is 1. The zero-order valence-corrected chi connectivity index (χ0v) is 10.5. The molecule has 90 valence electrons. The van der Waals surface area contributed by atoms with Gasteiger partial charge in [-0.2, -0.15) is 5.26 Å². The number of hydrogen-bond donors (Lipinski definition) is 1. The molecule has 18 heavy (non-hydrogen) atoms. The minimum absolute atomic E-state index is 0.404. The van der Waals surface area contributed by atoms with E-state index in [1.807, 2.05) is 19.1 Å².